The largest absolute Gasteiger partial charge is 0.508 e. The number of thiocarbonyl (C=S) groups is 1. The molecule has 1 saturated heterocycles. The Morgan fingerprint density at radius 1 is 1.47 bits per heavy atom. The molecule has 0 unspecified atom stereocenters. The molecular weight excluding hydrogens is 230 g/mol. The molecule has 1 amide bonds. The Labute approximate surface area is 96.2 Å². The van der Waals surface area contributed by atoms with Gasteiger partial charge in [0.05, 0.1) is 4.91 Å². The Hall–Kier alpha value is -1.33. The number of hydrogen-bond donors (Lipinski definition) is 2. The van der Waals surface area contributed by atoms with Crippen LogP contribution in [0.25, 0.3) is 6.08 Å². The van der Waals surface area contributed by atoms with Crippen LogP contribution in [0.2, 0.25) is 0 Å². The van der Waals surface area contributed by atoms with E-state index in [1.807, 2.05) is 6.07 Å². The van der Waals surface area contributed by atoms with E-state index in [9.17, 15) is 9.90 Å². The highest BCUT2D eigenvalue weighted by atomic mass is 32.2. The predicted molar refractivity (Wildman–Crippen MR) is 64.4 cm³/mol. The maximum absolute atomic E-state index is 11.3. The molecular formula is C10H7NO2S2. The quantitative estimate of drug-likeness (QED) is 0.578. The summed E-state index contributed by atoms with van der Waals surface area (Å²) in [6, 6.07) is 6.69. The molecule has 1 heterocycles. The molecule has 3 nitrogen and oxygen atoms in total. The number of aromatic hydroxyl groups is 1. The average Bonchev–Trinajstić information content (AvgIpc) is 2.45. The maximum atomic E-state index is 11.3. The lowest BCUT2D eigenvalue weighted by atomic mass is 10.2. The monoisotopic (exact) mass is 237 g/mol. The van der Waals surface area contributed by atoms with Crippen molar-refractivity contribution in [2.45, 2.75) is 0 Å². The molecule has 5 heteroatoms. The van der Waals surface area contributed by atoms with Crippen molar-refractivity contribution in [3.63, 3.8) is 0 Å². The first-order valence-electron chi connectivity index (χ1n) is 4.19. The number of hydrogen-bond acceptors (Lipinski definition) is 4. The minimum Gasteiger partial charge on any atom is -0.508 e. The molecule has 0 spiro atoms. The van der Waals surface area contributed by atoms with E-state index in [0.29, 0.717) is 9.23 Å². The lowest BCUT2D eigenvalue weighted by Gasteiger charge is -1.95. The van der Waals surface area contributed by atoms with Crippen molar-refractivity contribution in [1.29, 1.82) is 0 Å². The SMILES string of the molecule is O=C1NC(=S)S/C1=C\c1cccc(O)c1. The van der Waals surface area contributed by atoms with Crippen molar-refractivity contribution in [2.24, 2.45) is 0 Å². The molecule has 0 aliphatic carbocycles. The van der Waals surface area contributed by atoms with Gasteiger partial charge < -0.3 is 10.4 Å². The van der Waals surface area contributed by atoms with Crippen LogP contribution in [-0.4, -0.2) is 15.3 Å². The summed E-state index contributed by atoms with van der Waals surface area (Å²) in [6.07, 6.45) is 1.69. The Morgan fingerprint density at radius 2 is 2.27 bits per heavy atom. The van der Waals surface area contributed by atoms with Crippen LogP contribution in [-0.2, 0) is 4.79 Å². The summed E-state index contributed by atoms with van der Waals surface area (Å²) in [4.78, 5) is 11.9. The van der Waals surface area contributed by atoms with Gasteiger partial charge in [-0.15, -0.1) is 0 Å². The fourth-order valence-electron chi connectivity index (χ4n) is 1.19. The molecule has 76 valence electrons. The highest BCUT2D eigenvalue weighted by Crippen LogP contribution is 2.26. The number of phenols is 1. The molecule has 1 aliphatic heterocycles. The van der Waals surface area contributed by atoms with Gasteiger partial charge >= 0.3 is 0 Å². The van der Waals surface area contributed by atoms with Crippen LogP contribution in [0, 0.1) is 0 Å². The van der Waals surface area contributed by atoms with Gasteiger partial charge in [-0.1, -0.05) is 36.1 Å². The van der Waals surface area contributed by atoms with Crippen molar-refractivity contribution in [3.05, 3.63) is 34.7 Å². The molecule has 1 fully saturated rings. The molecule has 1 aliphatic rings. The number of benzene rings is 1. The second-order valence-corrected chi connectivity index (χ2v) is 4.67. The third-order valence-electron chi connectivity index (χ3n) is 1.81. The summed E-state index contributed by atoms with van der Waals surface area (Å²) in [7, 11) is 0. The Morgan fingerprint density at radius 3 is 2.87 bits per heavy atom. The van der Waals surface area contributed by atoms with Gasteiger partial charge in [0.2, 0.25) is 0 Å². The van der Waals surface area contributed by atoms with E-state index in [-0.39, 0.29) is 11.7 Å². The van der Waals surface area contributed by atoms with Crippen LogP contribution in [0.3, 0.4) is 0 Å². The van der Waals surface area contributed by atoms with Gasteiger partial charge in [0.25, 0.3) is 5.91 Å². The van der Waals surface area contributed by atoms with Gasteiger partial charge in [-0.3, -0.25) is 4.79 Å². The summed E-state index contributed by atoms with van der Waals surface area (Å²) in [5.41, 5.74) is 0.775. The molecule has 0 bridgehead atoms. The molecule has 1 aromatic carbocycles. The van der Waals surface area contributed by atoms with E-state index >= 15 is 0 Å². The summed E-state index contributed by atoms with van der Waals surface area (Å²) >= 11 is 6.08. The molecule has 15 heavy (non-hydrogen) atoms. The van der Waals surface area contributed by atoms with Gasteiger partial charge in [0, 0.05) is 0 Å². The fraction of sp³-hybridized carbons (Fsp3) is 0. The predicted octanol–water partition coefficient (Wildman–Crippen LogP) is 1.88. The van der Waals surface area contributed by atoms with Gasteiger partial charge in [-0.05, 0) is 23.8 Å². The zero-order valence-electron chi connectivity index (χ0n) is 7.56. The molecule has 2 N–H and O–H groups in total. The number of amides is 1. The number of nitrogens with one attached hydrogen (secondary N) is 1. The van der Waals surface area contributed by atoms with E-state index < -0.39 is 0 Å². The molecule has 0 aromatic heterocycles. The van der Waals surface area contributed by atoms with E-state index in [4.69, 9.17) is 12.2 Å². The smallest absolute Gasteiger partial charge is 0.263 e. The number of thioether (sulfide) groups is 1. The van der Waals surface area contributed by atoms with E-state index in [1.54, 1.807) is 24.3 Å². The van der Waals surface area contributed by atoms with Crippen LogP contribution in [0.15, 0.2) is 29.2 Å². The Balaban J connectivity index is 2.31. The number of carbonyl (C=O) groups is 1. The van der Waals surface area contributed by atoms with Crippen molar-refractivity contribution in [1.82, 2.24) is 5.32 Å². The van der Waals surface area contributed by atoms with Gasteiger partial charge in [0.1, 0.15) is 10.1 Å². The maximum Gasteiger partial charge on any atom is 0.263 e. The fourth-order valence-corrected chi connectivity index (χ4v) is 2.23. The summed E-state index contributed by atoms with van der Waals surface area (Å²) in [5, 5.41) is 11.8. The highest BCUT2D eigenvalue weighted by Gasteiger charge is 2.21. The van der Waals surface area contributed by atoms with Crippen LogP contribution >= 0.6 is 24.0 Å². The van der Waals surface area contributed by atoms with Gasteiger partial charge in [0.15, 0.2) is 0 Å². The van der Waals surface area contributed by atoms with Crippen molar-refractivity contribution < 1.29 is 9.90 Å². The summed E-state index contributed by atoms with van der Waals surface area (Å²) < 4.78 is 0.464. The van der Waals surface area contributed by atoms with E-state index in [2.05, 4.69) is 5.32 Å². The minimum absolute atomic E-state index is 0.176. The van der Waals surface area contributed by atoms with E-state index in [0.717, 1.165) is 5.56 Å². The zero-order chi connectivity index (χ0) is 10.8. The highest BCUT2D eigenvalue weighted by molar-refractivity contribution is 8.26. The third-order valence-corrected chi connectivity index (χ3v) is 2.97. The number of rotatable bonds is 1. The minimum atomic E-state index is -0.187. The van der Waals surface area contributed by atoms with Crippen molar-refractivity contribution in [3.8, 4) is 5.75 Å². The van der Waals surface area contributed by atoms with Gasteiger partial charge in [-0.25, -0.2) is 0 Å². The van der Waals surface area contributed by atoms with Crippen molar-refractivity contribution >= 4 is 40.3 Å². The summed E-state index contributed by atoms with van der Waals surface area (Å²) in [5.74, 6) is -0.0105. The topological polar surface area (TPSA) is 49.3 Å². The first-order valence-corrected chi connectivity index (χ1v) is 5.41. The van der Waals surface area contributed by atoms with Crippen LogP contribution in [0.1, 0.15) is 5.56 Å². The Kier molecular flexibility index (Phi) is 2.75. The van der Waals surface area contributed by atoms with Crippen LogP contribution < -0.4 is 5.32 Å². The second kappa shape index (κ2) is 4.04. The zero-order valence-corrected chi connectivity index (χ0v) is 9.19. The second-order valence-electron chi connectivity index (χ2n) is 2.95. The molecule has 0 atom stereocenters. The lowest BCUT2D eigenvalue weighted by molar-refractivity contribution is -0.115. The third kappa shape index (κ3) is 2.37. The molecule has 1 aromatic rings. The normalized spacial score (nSPS) is 18.3. The first-order chi connectivity index (χ1) is 7.15. The molecule has 0 radical (unpaired) electrons. The first kappa shape index (κ1) is 10.2. The van der Waals surface area contributed by atoms with Gasteiger partial charge in [-0.2, -0.15) is 0 Å². The number of phenolic OH excluding ortho intramolecular Hbond substituents is 1. The van der Waals surface area contributed by atoms with Crippen LogP contribution in [0.5, 0.6) is 5.75 Å². The standard InChI is InChI=1S/C10H7NO2S2/c12-7-3-1-2-6(4-7)5-8-9(13)11-10(14)15-8/h1-5,12H,(H,11,13,14)/b8-5-. The molecule has 0 saturated carbocycles. The Bertz CT molecular complexity index is 468. The van der Waals surface area contributed by atoms with E-state index in [1.165, 1.54) is 11.8 Å². The number of carbonyl (C=O) groups excluding carboxylic acids is 1. The average molecular weight is 237 g/mol. The summed E-state index contributed by atoms with van der Waals surface area (Å²) in [6.45, 7) is 0. The lowest BCUT2D eigenvalue weighted by Crippen LogP contribution is -2.17. The molecule has 2 rings (SSSR count). The van der Waals surface area contributed by atoms with Crippen LogP contribution in [0.4, 0.5) is 0 Å². The van der Waals surface area contributed by atoms with Crippen molar-refractivity contribution in [2.75, 3.05) is 0 Å².